The Hall–Kier alpha value is -4.34. The third-order valence-corrected chi connectivity index (χ3v) is 6.70. The van der Waals surface area contributed by atoms with Crippen LogP contribution in [-0.2, 0) is 13.2 Å². The molecule has 0 spiro atoms. The minimum absolute atomic E-state index is 0.103. The Labute approximate surface area is 218 Å². The summed E-state index contributed by atoms with van der Waals surface area (Å²) in [5, 5.41) is 10.1. The molecule has 2 N–H and O–H groups in total. The number of nitrogens with one attached hydrogen (secondary N) is 2. The molecule has 7 nitrogen and oxygen atoms in total. The molecule has 0 saturated carbocycles. The van der Waals surface area contributed by atoms with Gasteiger partial charge in [-0.15, -0.1) is 0 Å². The van der Waals surface area contributed by atoms with Crippen molar-refractivity contribution in [2.45, 2.75) is 25.4 Å². The van der Waals surface area contributed by atoms with Gasteiger partial charge in [0.15, 0.2) is 0 Å². The summed E-state index contributed by atoms with van der Waals surface area (Å²) in [6.45, 7) is 3.60. The van der Waals surface area contributed by atoms with Crippen molar-refractivity contribution in [1.29, 1.82) is 0 Å². The van der Waals surface area contributed by atoms with Crippen LogP contribution in [0.4, 0.5) is 35.9 Å². The second-order valence-electron chi connectivity index (χ2n) is 9.50. The van der Waals surface area contributed by atoms with Gasteiger partial charge in [0.25, 0.3) is 5.91 Å². The summed E-state index contributed by atoms with van der Waals surface area (Å²) in [6, 6.07) is 12.1. The molecule has 1 aliphatic rings. The van der Waals surface area contributed by atoms with E-state index in [4.69, 9.17) is 0 Å². The monoisotopic (exact) mass is 520 g/mol. The first kappa shape index (κ1) is 25.3. The molecule has 1 amide bonds. The molecule has 1 saturated heterocycles. The van der Waals surface area contributed by atoms with Crippen molar-refractivity contribution >= 4 is 28.7 Å². The molecule has 0 radical (unpaired) electrons. The lowest BCUT2D eigenvalue weighted by molar-refractivity contribution is -0.137. The van der Waals surface area contributed by atoms with Crippen molar-refractivity contribution < 1.29 is 18.0 Å². The molecule has 5 rings (SSSR count). The van der Waals surface area contributed by atoms with E-state index in [-0.39, 0.29) is 11.6 Å². The number of aromatic nitrogens is 3. The van der Waals surface area contributed by atoms with Crippen LogP contribution in [0.5, 0.6) is 0 Å². The lowest BCUT2D eigenvalue weighted by Gasteiger charge is -2.20. The van der Waals surface area contributed by atoms with Crippen LogP contribution in [-0.4, -0.2) is 33.8 Å². The van der Waals surface area contributed by atoms with Crippen LogP contribution >= 0.6 is 0 Å². The Kier molecular flexibility index (Phi) is 6.79. The maximum absolute atomic E-state index is 13.0. The minimum Gasteiger partial charge on any atom is -0.370 e. The van der Waals surface area contributed by atoms with Crippen LogP contribution in [0.15, 0.2) is 73.3 Å². The molecule has 10 heteroatoms. The number of carbonyl (C=O) groups is 1. The van der Waals surface area contributed by atoms with Gasteiger partial charge < -0.3 is 15.5 Å². The summed E-state index contributed by atoms with van der Waals surface area (Å²) < 4.78 is 40.9. The standard InChI is InChI=1S/C28H27F3N6O/c1-18-6-7-19(27(38)35-22-5-3-4-21(11-22)28(29,30)31)10-26(18)20-8-9-37(16-20)25-12-23(13-32-15-25)34-24-14-33-36(2)17-24/h3-7,10-15,17,20,34H,8-9,16H2,1-2H3,(H,35,38)/t20-/m1/s1. The molecule has 0 bridgehead atoms. The van der Waals surface area contributed by atoms with E-state index in [1.807, 2.05) is 44.6 Å². The number of nitrogens with zero attached hydrogens (tertiary/aromatic N) is 4. The number of amides is 1. The fourth-order valence-electron chi connectivity index (χ4n) is 4.77. The number of carbonyl (C=O) groups excluding carboxylic acids is 1. The molecule has 38 heavy (non-hydrogen) atoms. The quantitative estimate of drug-likeness (QED) is 0.320. The zero-order chi connectivity index (χ0) is 26.9. The smallest absolute Gasteiger partial charge is 0.370 e. The Morgan fingerprint density at radius 2 is 1.87 bits per heavy atom. The Balaban J connectivity index is 1.29. The maximum Gasteiger partial charge on any atom is 0.416 e. The maximum atomic E-state index is 13.0. The van der Waals surface area contributed by atoms with Crippen molar-refractivity contribution in [3.05, 3.63) is 95.6 Å². The van der Waals surface area contributed by atoms with Gasteiger partial charge in [0.05, 0.1) is 41.2 Å². The molecule has 1 aliphatic heterocycles. The lowest BCUT2D eigenvalue weighted by Crippen LogP contribution is -2.20. The highest BCUT2D eigenvalue weighted by Gasteiger charge is 2.31. The van der Waals surface area contributed by atoms with E-state index < -0.39 is 17.6 Å². The summed E-state index contributed by atoms with van der Waals surface area (Å²) in [7, 11) is 1.86. The number of hydrogen-bond donors (Lipinski definition) is 2. The van der Waals surface area contributed by atoms with Gasteiger partial charge in [0, 0.05) is 43.5 Å². The topological polar surface area (TPSA) is 75.1 Å². The molecule has 0 unspecified atom stereocenters. The number of rotatable bonds is 6. The molecule has 196 valence electrons. The van der Waals surface area contributed by atoms with Crippen LogP contribution in [0.25, 0.3) is 0 Å². The summed E-state index contributed by atoms with van der Waals surface area (Å²) >= 11 is 0. The van der Waals surface area contributed by atoms with Crippen molar-refractivity contribution in [1.82, 2.24) is 14.8 Å². The minimum atomic E-state index is -4.48. The number of benzene rings is 2. The average molecular weight is 521 g/mol. The first-order chi connectivity index (χ1) is 18.2. The molecular formula is C28H27F3N6O. The van der Waals surface area contributed by atoms with E-state index in [0.717, 1.165) is 59.8 Å². The van der Waals surface area contributed by atoms with Gasteiger partial charge in [-0.3, -0.25) is 14.5 Å². The van der Waals surface area contributed by atoms with E-state index in [1.165, 1.54) is 12.1 Å². The van der Waals surface area contributed by atoms with Crippen molar-refractivity contribution in [2.75, 3.05) is 28.6 Å². The van der Waals surface area contributed by atoms with Crippen LogP contribution in [0, 0.1) is 6.92 Å². The summed E-state index contributed by atoms with van der Waals surface area (Å²) in [5.74, 6) is -0.245. The van der Waals surface area contributed by atoms with E-state index in [2.05, 4.69) is 25.6 Å². The average Bonchev–Trinajstić information content (AvgIpc) is 3.53. The summed E-state index contributed by atoms with van der Waals surface area (Å²) in [4.78, 5) is 19.6. The Bertz CT molecular complexity index is 1460. The second kappa shape index (κ2) is 10.2. The van der Waals surface area contributed by atoms with E-state index >= 15 is 0 Å². The first-order valence-corrected chi connectivity index (χ1v) is 12.2. The molecule has 4 aromatic rings. The van der Waals surface area contributed by atoms with Crippen molar-refractivity contribution in [3.63, 3.8) is 0 Å². The van der Waals surface area contributed by atoms with Gasteiger partial charge in [-0.2, -0.15) is 18.3 Å². The number of hydrogen-bond acceptors (Lipinski definition) is 5. The van der Waals surface area contributed by atoms with Crippen LogP contribution in [0.1, 0.15) is 39.4 Å². The number of alkyl halides is 3. The first-order valence-electron chi connectivity index (χ1n) is 12.2. The Morgan fingerprint density at radius 3 is 2.63 bits per heavy atom. The van der Waals surface area contributed by atoms with E-state index in [0.29, 0.717) is 5.56 Å². The predicted octanol–water partition coefficient (Wildman–Crippen LogP) is 6.13. The molecule has 3 heterocycles. The normalized spacial score (nSPS) is 15.5. The van der Waals surface area contributed by atoms with Gasteiger partial charge in [-0.25, -0.2) is 0 Å². The van der Waals surface area contributed by atoms with Crippen molar-refractivity contribution in [2.24, 2.45) is 7.05 Å². The van der Waals surface area contributed by atoms with Gasteiger partial charge in [-0.1, -0.05) is 12.1 Å². The third-order valence-electron chi connectivity index (χ3n) is 6.70. The number of aryl methyl sites for hydroxylation is 2. The fraction of sp³-hybridized carbons (Fsp3) is 0.250. The largest absolute Gasteiger partial charge is 0.416 e. The Morgan fingerprint density at radius 1 is 1.03 bits per heavy atom. The van der Waals surface area contributed by atoms with Gasteiger partial charge >= 0.3 is 6.18 Å². The van der Waals surface area contributed by atoms with Crippen LogP contribution < -0.4 is 15.5 Å². The molecule has 0 aliphatic carbocycles. The molecule has 1 fully saturated rings. The molecule has 1 atom stereocenters. The summed E-state index contributed by atoms with van der Waals surface area (Å²) in [6.07, 6.45) is 3.66. The highest BCUT2D eigenvalue weighted by molar-refractivity contribution is 6.04. The summed E-state index contributed by atoms with van der Waals surface area (Å²) in [5.41, 5.74) is 4.57. The number of anilines is 4. The van der Waals surface area contributed by atoms with Crippen molar-refractivity contribution in [3.8, 4) is 0 Å². The van der Waals surface area contributed by atoms with Crippen LogP contribution in [0.3, 0.4) is 0 Å². The predicted molar refractivity (Wildman–Crippen MR) is 141 cm³/mol. The second-order valence-corrected chi connectivity index (χ2v) is 9.50. The van der Waals surface area contributed by atoms with Gasteiger partial charge in [-0.05, 0) is 60.9 Å². The zero-order valence-corrected chi connectivity index (χ0v) is 21.0. The fourth-order valence-corrected chi connectivity index (χ4v) is 4.77. The van der Waals surface area contributed by atoms with E-state index in [9.17, 15) is 18.0 Å². The molecule has 2 aromatic heterocycles. The van der Waals surface area contributed by atoms with Gasteiger partial charge in [0.1, 0.15) is 0 Å². The van der Waals surface area contributed by atoms with Gasteiger partial charge in [0.2, 0.25) is 0 Å². The molecular weight excluding hydrogens is 493 g/mol. The third kappa shape index (κ3) is 5.64. The molecule has 2 aromatic carbocycles. The number of pyridine rings is 1. The highest BCUT2D eigenvalue weighted by Crippen LogP contribution is 2.34. The number of halogens is 3. The SMILES string of the molecule is Cc1ccc(C(=O)Nc2cccc(C(F)(F)F)c2)cc1[C@@H]1CCN(c2cncc(Nc3cnn(C)c3)c2)C1. The zero-order valence-electron chi connectivity index (χ0n) is 21.0. The lowest BCUT2D eigenvalue weighted by atomic mass is 9.92. The van der Waals surface area contributed by atoms with E-state index in [1.54, 1.807) is 23.1 Å². The van der Waals surface area contributed by atoms with Crippen LogP contribution in [0.2, 0.25) is 0 Å². The highest BCUT2D eigenvalue weighted by atomic mass is 19.4.